The number of hydrogen-bond donors (Lipinski definition) is 0. The molecule has 4 nitrogen and oxygen atoms in total. The number of hydrogen-bond acceptors (Lipinski definition) is 4. The molecule has 0 fully saturated rings. The van der Waals surface area contributed by atoms with E-state index >= 15 is 0 Å². The fraction of sp³-hybridized carbons (Fsp3) is 0.0690. The summed E-state index contributed by atoms with van der Waals surface area (Å²) in [5.74, 6) is 1.27. The first kappa shape index (κ1) is 21.9. The van der Waals surface area contributed by atoms with E-state index < -0.39 is 5.97 Å². The van der Waals surface area contributed by atoms with Crippen molar-refractivity contribution in [2.24, 2.45) is 0 Å². The smallest absolute Gasteiger partial charge is 0.336 e. The van der Waals surface area contributed by atoms with Crippen LogP contribution in [-0.4, -0.2) is 13.1 Å². The molecule has 0 amide bonds. The van der Waals surface area contributed by atoms with Gasteiger partial charge in [0.1, 0.15) is 12.4 Å². The highest BCUT2D eigenvalue weighted by atomic mass is 16.5. The number of carbonyl (C=O) groups is 1. The van der Waals surface area contributed by atoms with Gasteiger partial charge in [-0.15, -0.1) is 0 Å². The van der Waals surface area contributed by atoms with Gasteiger partial charge in [-0.25, -0.2) is 4.79 Å². The van der Waals surface area contributed by atoms with Crippen LogP contribution < -0.4 is 14.2 Å². The van der Waals surface area contributed by atoms with Crippen molar-refractivity contribution in [2.45, 2.75) is 6.61 Å². The Morgan fingerprint density at radius 1 is 0.758 bits per heavy atom. The lowest BCUT2D eigenvalue weighted by Crippen LogP contribution is -2.03. The van der Waals surface area contributed by atoms with E-state index in [0.717, 1.165) is 22.3 Å². The van der Waals surface area contributed by atoms with Crippen molar-refractivity contribution in [1.82, 2.24) is 0 Å². The Kier molecular flexibility index (Phi) is 7.18. The molecule has 0 aliphatic carbocycles. The number of methoxy groups -OCH3 is 1. The van der Waals surface area contributed by atoms with E-state index in [-0.39, 0.29) is 0 Å². The number of benzene rings is 4. The zero-order chi connectivity index (χ0) is 22.9. The third-order valence-corrected chi connectivity index (χ3v) is 5.02. The van der Waals surface area contributed by atoms with E-state index in [1.54, 1.807) is 25.3 Å². The van der Waals surface area contributed by atoms with Crippen molar-refractivity contribution in [1.29, 1.82) is 0 Å². The molecule has 0 spiro atoms. The van der Waals surface area contributed by atoms with E-state index in [1.807, 2.05) is 91.0 Å². The summed E-state index contributed by atoms with van der Waals surface area (Å²) in [5.41, 5.74) is 4.05. The summed E-state index contributed by atoms with van der Waals surface area (Å²) >= 11 is 0. The van der Waals surface area contributed by atoms with Crippen LogP contribution in [0.15, 0.2) is 109 Å². The lowest BCUT2D eigenvalue weighted by atomic mass is 10.1. The van der Waals surface area contributed by atoms with Crippen LogP contribution in [0.5, 0.6) is 17.2 Å². The van der Waals surface area contributed by atoms with E-state index in [9.17, 15) is 4.79 Å². The van der Waals surface area contributed by atoms with Gasteiger partial charge in [-0.3, -0.25) is 0 Å². The monoisotopic (exact) mass is 436 g/mol. The van der Waals surface area contributed by atoms with Crippen LogP contribution in [0.2, 0.25) is 0 Å². The molecular formula is C29H24O4. The van der Waals surface area contributed by atoms with Gasteiger partial charge in [0.15, 0.2) is 11.5 Å². The molecule has 0 N–H and O–H groups in total. The minimum absolute atomic E-state index is 0.446. The summed E-state index contributed by atoms with van der Waals surface area (Å²) in [7, 11) is 1.59. The molecular weight excluding hydrogens is 412 g/mol. The second-order valence-corrected chi connectivity index (χ2v) is 7.33. The second kappa shape index (κ2) is 10.8. The van der Waals surface area contributed by atoms with Crippen molar-refractivity contribution >= 4 is 12.0 Å². The standard InChI is InChI=1S/C29H24O4/c1-31-28-20-22(12-18-27(28)32-21-23-8-4-2-5-9-23)13-19-29(30)33-26-16-14-25(15-17-26)24-10-6-3-7-11-24/h2-20H,21H2,1H3/b19-13+. The summed E-state index contributed by atoms with van der Waals surface area (Å²) in [5, 5.41) is 0. The van der Waals surface area contributed by atoms with Crippen LogP contribution in [0.25, 0.3) is 17.2 Å². The second-order valence-electron chi connectivity index (χ2n) is 7.33. The van der Waals surface area contributed by atoms with Gasteiger partial charge in [0.25, 0.3) is 0 Å². The maximum absolute atomic E-state index is 12.3. The molecule has 0 radical (unpaired) electrons. The molecule has 0 unspecified atom stereocenters. The highest BCUT2D eigenvalue weighted by Crippen LogP contribution is 2.29. The molecule has 0 aliphatic rings. The normalized spacial score (nSPS) is 10.7. The lowest BCUT2D eigenvalue weighted by molar-refractivity contribution is -0.128. The summed E-state index contributed by atoms with van der Waals surface area (Å²) in [6.07, 6.45) is 3.08. The Hall–Kier alpha value is -4.31. The molecule has 0 aliphatic heterocycles. The molecule has 4 heteroatoms. The fourth-order valence-electron chi connectivity index (χ4n) is 3.30. The van der Waals surface area contributed by atoms with Gasteiger partial charge in [0.2, 0.25) is 0 Å². The Morgan fingerprint density at radius 2 is 1.42 bits per heavy atom. The van der Waals surface area contributed by atoms with Crippen molar-refractivity contribution < 1.29 is 19.0 Å². The first-order valence-corrected chi connectivity index (χ1v) is 10.6. The largest absolute Gasteiger partial charge is 0.493 e. The topological polar surface area (TPSA) is 44.8 Å². The summed E-state index contributed by atoms with van der Waals surface area (Å²) in [6, 6.07) is 32.9. The molecule has 0 bridgehead atoms. The van der Waals surface area contributed by atoms with Crippen LogP contribution in [0, 0.1) is 0 Å². The molecule has 0 saturated heterocycles. The van der Waals surface area contributed by atoms with Crippen LogP contribution in [0.1, 0.15) is 11.1 Å². The predicted molar refractivity (Wildman–Crippen MR) is 130 cm³/mol. The van der Waals surface area contributed by atoms with Crippen LogP contribution >= 0.6 is 0 Å². The molecule has 0 atom stereocenters. The zero-order valence-corrected chi connectivity index (χ0v) is 18.3. The van der Waals surface area contributed by atoms with Gasteiger partial charge in [-0.05, 0) is 52.6 Å². The average molecular weight is 437 g/mol. The van der Waals surface area contributed by atoms with Gasteiger partial charge in [-0.1, -0.05) is 78.9 Å². The van der Waals surface area contributed by atoms with E-state index in [0.29, 0.717) is 23.9 Å². The molecule has 0 heterocycles. The van der Waals surface area contributed by atoms with Crippen LogP contribution in [0.4, 0.5) is 0 Å². The van der Waals surface area contributed by atoms with Crippen LogP contribution in [0.3, 0.4) is 0 Å². The molecule has 0 saturated carbocycles. The van der Waals surface area contributed by atoms with Crippen LogP contribution in [-0.2, 0) is 11.4 Å². The SMILES string of the molecule is COc1cc(/C=C/C(=O)Oc2ccc(-c3ccccc3)cc2)ccc1OCc1ccccc1. The Labute approximate surface area is 193 Å². The van der Waals surface area contributed by atoms with Gasteiger partial charge in [-0.2, -0.15) is 0 Å². The summed E-state index contributed by atoms with van der Waals surface area (Å²) in [6.45, 7) is 0.446. The van der Waals surface area contributed by atoms with Crippen molar-refractivity contribution in [3.8, 4) is 28.4 Å². The van der Waals surface area contributed by atoms with Gasteiger partial charge < -0.3 is 14.2 Å². The Balaban J connectivity index is 1.36. The molecule has 0 aromatic heterocycles. The fourth-order valence-corrected chi connectivity index (χ4v) is 3.30. The average Bonchev–Trinajstić information content (AvgIpc) is 2.88. The summed E-state index contributed by atoms with van der Waals surface area (Å²) < 4.78 is 16.7. The quantitative estimate of drug-likeness (QED) is 0.178. The van der Waals surface area contributed by atoms with Gasteiger partial charge in [0.05, 0.1) is 7.11 Å². The number of rotatable bonds is 8. The first-order valence-electron chi connectivity index (χ1n) is 10.6. The number of carbonyl (C=O) groups excluding carboxylic acids is 1. The Morgan fingerprint density at radius 3 is 2.12 bits per heavy atom. The lowest BCUT2D eigenvalue weighted by Gasteiger charge is -2.11. The maximum Gasteiger partial charge on any atom is 0.336 e. The van der Waals surface area contributed by atoms with Gasteiger partial charge >= 0.3 is 5.97 Å². The highest BCUT2D eigenvalue weighted by Gasteiger charge is 2.07. The highest BCUT2D eigenvalue weighted by molar-refractivity contribution is 5.89. The van der Waals surface area contributed by atoms with Crippen molar-refractivity contribution in [3.05, 3.63) is 120 Å². The minimum Gasteiger partial charge on any atom is -0.493 e. The minimum atomic E-state index is -0.453. The zero-order valence-electron chi connectivity index (χ0n) is 18.3. The molecule has 33 heavy (non-hydrogen) atoms. The van der Waals surface area contributed by atoms with Gasteiger partial charge in [0, 0.05) is 6.08 Å². The Bertz CT molecular complexity index is 1210. The van der Waals surface area contributed by atoms with E-state index in [4.69, 9.17) is 14.2 Å². The first-order chi connectivity index (χ1) is 16.2. The molecule has 4 aromatic carbocycles. The molecule has 4 rings (SSSR count). The van der Waals surface area contributed by atoms with E-state index in [1.165, 1.54) is 6.08 Å². The third kappa shape index (κ3) is 6.11. The summed E-state index contributed by atoms with van der Waals surface area (Å²) in [4.78, 5) is 12.3. The van der Waals surface area contributed by atoms with Crippen molar-refractivity contribution in [2.75, 3.05) is 7.11 Å². The molecule has 4 aromatic rings. The third-order valence-electron chi connectivity index (χ3n) is 5.02. The number of ether oxygens (including phenoxy) is 3. The maximum atomic E-state index is 12.3. The number of esters is 1. The predicted octanol–water partition coefficient (Wildman–Crippen LogP) is 6.56. The molecule has 164 valence electrons. The van der Waals surface area contributed by atoms with E-state index in [2.05, 4.69) is 0 Å². The van der Waals surface area contributed by atoms with Crippen molar-refractivity contribution in [3.63, 3.8) is 0 Å².